The molecule has 23 heavy (non-hydrogen) atoms. The van der Waals surface area contributed by atoms with Gasteiger partial charge in [-0.3, -0.25) is 9.59 Å². The molecule has 5 heteroatoms. The Balaban J connectivity index is 2.72. The molecule has 0 unspecified atom stereocenters. The van der Waals surface area contributed by atoms with E-state index in [9.17, 15) is 9.59 Å². The highest BCUT2D eigenvalue weighted by atomic mass is 16.6. The maximum absolute atomic E-state index is 11.3. The van der Waals surface area contributed by atoms with Gasteiger partial charge in [-0.2, -0.15) is 0 Å². The Bertz CT molecular complexity index is 391. The minimum absolute atomic E-state index is 0.0522. The Morgan fingerprint density at radius 3 is 2.22 bits per heavy atom. The van der Waals surface area contributed by atoms with Crippen LogP contribution in [0, 0.1) is 11.8 Å². The van der Waals surface area contributed by atoms with E-state index in [1.54, 1.807) is 0 Å². The smallest absolute Gasteiger partial charge is 0.302 e. The molecule has 0 aromatic carbocycles. The molecule has 1 rings (SSSR count). The van der Waals surface area contributed by atoms with Crippen LogP contribution in [0.4, 0.5) is 0 Å². The third-order valence-corrected chi connectivity index (χ3v) is 4.06. The van der Waals surface area contributed by atoms with Gasteiger partial charge in [-0.05, 0) is 18.3 Å². The Hall–Kier alpha value is -1.10. The van der Waals surface area contributed by atoms with Gasteiger partial charge in [0.15, 0.2) is 0 Å². The largest absolute Gasteiger partial charge is 0.462 e. The quantitative estimate of drug-likeness (QED) is 0.669. The van der Waals surface area contributed by atoms with Crippen LogP contribution in [-0.4, -0.2) is 36.4 Å². The van der Waals surface area contributed by atoms with E-state index < -0.39 is 0 Å². The number of hydrogen-bond acceptors (Lipinski definition) is 5. The molecule has 0 bridgehead atoms. The SMILES string of the molecule is CC(=O)O[C@H](CC(C)C)C[C@H]1C[C@@H](OC(C)=O)C[C@@H](C(C)C)O1. The summed E-state index contributed by atoms with van der Waals surface area (Å²) in [5.74, 6) is 0.279. The lowest BCUT2D eigenvalue weighted by molar-refractivity contribution is -0.168. The Kier molecular flexibility index (Phi) is 8.03. The van der Waals surface area contributed by atoms with Crippen LogP contribution in [0.2, 0.25) is 0 Å². The Labute approximate surface area is 140 Å². The molecule has 1 aliphatic rings. The number of carbonyl (C=O) groups excluding carboxylic acids is 2. The first-order valence-corrected chi connectivity index (χ1v) is 8.67. The summed E-state index contributed by atoms with van der Waals surface area (Å²) < 4.78 is 17.0. The standard InChI is InChI=1S/C18H32O5/c1-11(2)7-15(21-13(5)19)8-16-9-17(22-14(6)20)10-18(23-16)12(3)4/h11-12,15-18H,7-10H2,1-6H3/t15-,16+,17-,18+/m1/s1. The van der Waals surface area contributed by atoms with E-state index in [0.29, 0.717) is 24.7 Å². The molecular formula is C18H32O5. The van der Waals surface area contributed by atoms with E-state index in [-0.39, 0.29) is 36.4 Å². The van der Waals surface area contributed by atoms with Gasteiger partial charge in [0.1, 0.15) is 12.2 Å². The molecule has 0 N–H and O–H groups in total. The molecule has 0 aromatic heterocycles. The second-order valence-corrected chi connectivity index (χ2v) is 7.34. The molecule has 0 radical (unpaired) electrons. The summed E-state index contributed by atoms with van der Waals surface area (Å²) in [6.07, 6.45) is 2.60. The number of rotatable bonds is 7. The lowest BCUT2D eigenvalue weighted by Crippen LogP contribution is -2.42. The summed E-state index contributed by atoms with van der Waals surface area (Å²) in [6.45, 7) is 11.3. The molecule has 0 spiro atoms. The fourth-order valence-electron chi connectivity index (χ4n) is 3.17. The van der Waals surface area contributed by atoms with Crippen LogP contribution in [0.5, 0.6) is 0 Å². The molecule has 0 aromatic rings. The van der Waals surface area contributed by atoms with Gasteiger partial charge in [0.05, 0.1) is 12.2 Å². The summed E-state index contributed by atoms with van der Waals surface area (Å²) in [5.41, 5.74) is 0. The van der Waals surface area contributed by atoms with Crippen LogP contribution in [0.1, 0.15) is 67.2 Å². The van der Waals surface area contributed by atoms with Crippen molar-refractivity contribution < 1.29 is 23.8 Å². The third-order valence-electron chi connectivity index (χ3n) is 4.06. The van der Waals surface area contributed by atoms with Crippen molar-refractivity contribution in [1.29, 1.82) is 0 Å². The van der Waals surface area contributed by atoms with E-state index in [1.165, 1.54) is 13.8 Å². The van der Waals surface area contributed by atoms with E-state index in [0.717, 1.165) is 12.8 Å². The van der Waals surface area contributed by atoms with E-state index in [1.807, 2.05) is 0 Å². The van der Waals surface area contributed by atoms with Crippen molar-refractivity contribution >= 4 is 11.9 Å². The zero-order valence-electron chi connectivity index (χ0n) is 15.3. The van der Waals surface area contributed by atoms with Gasteiger partial charge in [-0.25, -0.2) is 0 Å². The first-order valence-electron chi connectivity index (χ1n) is 8.67. The first kappa shape index (κ1) is 19.9. The van der Waals surface area contributed by atoms with Gasteiger partial charge in [-0.15, -0.1) is 0 Å². The first-order chi connectivity index (χ1) is 10.7. The van der Waals surface area contributed by atoms with E-state index >= 15 is 0 Å². The van der Waals surface area contributed by atoms with Crippen molar-refractivity contribution in [1.82, 2.24) is 0 Å². The molecule has 134 valence electrons. The maximum atomic E-state index is 11.3. The zero-order chi connectivity index (χ0) is 17.6. The monoisotopic (exact) mass is 328 g/mol. The summed E-state index contributed by atoms with van der Waals surface area (Å²) >= 11 is 0. The molecule has 1 saturated heterocycles. The molecule has 0 saturated carbocycles. The average molecular weight is 328 g/mol. The van der Waals surface area contributed by atoms with Crippen molar-refractivity contribution in [2.24, 2.45) is 11.8 Å². The van der Waals surface area contributed by atoms with E-state index in [2.05, 4.69) is 27.7 Å². The van der Waals surface area contributed by atoms with E-state index in [4.69, 9.17) is 14.2 Å². The van der Waals surface area contributed by atoms with Crippen molar-refractivity contribution in [2.45, 2.75) is 91.6 Å². The van der Waals surface area contributed by atoms with Gasteiger partial charge in [-0.1, -0.05) is 27.7 Å². The van der Waals surface area contributed by atoms with Crippen molar-refractivity contribution in [3.63, 3.8) is 0 Å². The van der Waals surface area contributed by atoms with Crippen molar-refractivity contribution in [3.05, 3.63) is 0 Å². The fourth-order valence-corrected chi connectivity index (χ4v) is 3.17. The van der Waals surface area contributed by atoms with Crippen molar-refractivity contribution in [3.8, 4) is 0 Å². The zero-order valence-corrected chi connectivity index (χ0v) is 15.3. The van der Waals surface area contributed by atoms with Gasteiger partial charge < -0.3 is 14.2 Å². The topological polar surface area (TPSA) is 61.8 Å². The van der Waals surface area contributed by atoms with Gasteiger partial charge in [0.25, 0.3) is 0 Å². The number of ether oxygens (including phenoxy) is 3. The molecule has 4 atom stereocenters. The molecule has 1 heterocycles. The van der Waals surface area contributed by atoms with Crippen LogP contribution >= 0.6 is 0 Å². The summed E-state index contributed by atoms with van der Waals surface area (Å²) in [5, 5.41) is 0. The minimum atomic E-state index is -0.261. The Morgan fingerprint density at radius 2 is 1.74 bits per heavy atom. The fraction of sp³-hybridized carbons (Fsp3) is 0.889. The molecule has 1 fully saturated rings. The van der Waals surface area contributed by atoms with Crippen LogP contribution < -0.4 is 0 Å². The number of esters is 2. The minimum Gasteiger partial charge on any atom is -0.462 e. The molecule has 0 aliphatic carbocycles. The highest BCUT2D eigenvalue weighted by Crippen LogP contribution is 2.30. The molecular weight excluding hydrogens is 296 g/mol. The van der Waals surface area contributed by atoms with Crippen LogP contribution in [0.25, 0.3) is 0 Å². The highest BCUT2D eigenvalue weighted by Gasteiger charge is 2.34. The average Bonchev–Trinajstić information content (AvgIpc) is 2.35. The summed E-state index contributed by atoms with van der Waals surface area (Å²) in [6, 6.07) is 0. The molecule has 1 aliphatic heterocycles. The predicted octanol–water partition coefficient (Wildman–Crippen LogP) is 3.49. The lowest BCUT2D eigenvalue weighted by atomic mass is 9.90. The third kappa shape index (κ3) is 7.82. The lowest BCUT2D eigenvalue weighted by Gasteiger charge is -2.38. The number of hydrogen-bond donors (Lipinski definition) is 0. The van der Waals surface area contributed by atoms with Crippen LogP contribution in [-0.2, 0) is 23.8 Å². The maximum Gasteiger partial charge on any atom is 0.302 e. The van der Waals surface area contributed by atoms with Crippen LogP contribution in [0.3, 0.4) is 0 Å². The van der Waals surface area contributed by atoms with Crippen LogP contribution in [0.15, 0.2) is 0 Å². The summed E-state index contributed by atoms with van der Waals surface area (Å²) in [4.78, 5) is 22.6. The molecule has 5 nitrogen and oxygen atoms in total. The van der Waals surface area contributed by atoms with Crippen molar-refractivity contribution in [2.75, 3.05) is 0 Å². The predicted molar refractivity (Wildman–Crippen MR) is 87.9 cm³/mol. The van der Waals surface area contributed by atoms with Gasteiger partial charge >= 0.3 is 11.9 Å². The normalized spacial score (nSPS) is 26.2. The summed E-state index contributed by atoms with van der Waals surface area (Å²) in [7, 11) is 0. The van der Waals surface area contributed by atoms with Gasteiger partial charge in [0, 0.05) is 33.1 Å². The Morgan fingerprint density at radius 1 is 1.09 bits per heavy atom. The highest BCUT2D eigenvalue weighted by molar-refractivity contribution is 5.66. The second kappa shape index (κ2) is 9.26. The van der Waals surface area contributed by atoms with Gasteiger partial charge in [0.2, 0.25) is 0 Å². The second-order valence-electron chi connectivity index (χ2n) is 7.34. The molecule has 0 amide bonds. The number of carbonyl (C=O) groups is 2.